The second-order valence-corrected chi connectivity index (χ2v) is 4.22. The zero-order valence-electron chi connectivity index (χ0n) is 9.37. The number of aliphatic carboxylic acids is 1. The molecular formula is C12H15FO3. The highest BCUT2D eigenvalue weighted by Gasteiger charge is 2.16. The van der Waals surface area contributed by atoms with E-state index in [2.05, 4.69) is 0 Å². The van der Waals surface area contributed by atoms with Crippen LogP contribution in [0, 0.1) is 0 Å². The van der Waals surface area contributed by atoms with Crippen molar-refractivity contribution in [1.82, 2.24) is 0 Å². The maximum absolute atomic E-state index is 13.1. The van der Waals surface area contributed by atoms with Gasteiger partial charge in [-0.1, -0.05) is 12.1 Å². The Hall–Kier alpha value is -1.58. The van der Waals surface area contributed by atoms with E-state index in [-0.39, 0.29) is 13.0 Å². The zero-order chi connectivity index (χ0) is 12.2. The molecule has 16 heavy (non-hydrogen) atoms. The van der Waals surface area contributed by atoms with Gasteiger partial charge in [-0.15, -0.1) is 0 Å². The number of carboxylic acid groups (broad SMARTS) is 1. The van der Waals surface area contributed by atoms with Gasteiger partial charge in [0.15, 0.2) is 0 Å². The fourth-order valence-corrected chi connectivity index (χ4v) is 1.13. The molecule has 1 rings (SSSR count). The van der Waals surface area contributed by atoms with E-state index in [4.69, 9.17) is 9.84 Å². The third kappa shape index (κ3) is 4.77. The average molecular weight is 226 g/mol. The Morgan fingerprint density at radius 3 is 2.38 bits per heavy atom. The summed E-state index contributed by atoms with van der Waals surface area (Å²) in [6, 6.07) is 6.61. The summed E-state index contributed by atoms with van der Waals surface area (Å²) in [5.74, 6) is -0.335. The van der Waals surface area contributed by atoms with E-state index >= 15 is 0 Å². The quantitative estimate of drug-likeness (QED) is 0.838. The van der Waals surface area contributed by atoms with E-state index in [9.17, 15) is 9.18 Å². The Bertz CT molecular complexity index is 352. The topological polar surface area (TPSA) is 46.5 Å². The molecule has 1 N–H and O–H groups in total. The predicted octanol–water partition coefficient (Wildman–Crippen LogP) is 2.44. The smallest absolute Gasteiger partial charge is 0.307 e. The van der Waals surface area contributed by atoms with Gasteiger partial charge in [0.1, 0.15) is 18.0 Å². The fourth-order valence-electron chi connectivity index (χ4n) is 1.13. The second kappa shape index (κ2) is 4.96. The molecule has 0 fully saturated rings. The van der Waals surface area contributed by atoms with Crippen molar-refractivity contribution < 1.29 is 19.0 Å². The molecule has 0 aromatic heterocycles. The van der Waals surface area contributed by atoms with Crippen molar-refractivity contribution >= 4 is 5.97 Å². The first kappa shape index (κ1) is 12.5. The van der Waals surface area contributed by atoms with Crippen LogP contribution in [0.5, 0.6) is 5.75 Å². The summed E-state index contributed by atoms with van der Waals surface area (Å²) in [6.45, 7) is 2.85. The third-order valence-corrected chi connectivity index (χ3v) is 1.86. The van der Waals surface area contributed by atoms with Gasteiger partial charge in [-0.25, -0.2) is 4.39 Å². The molecule has 0 amide bonds. The van der Waals surface area contributed by atoms with Gasteiger partial charge in [0.2, 0.25) is 0 Å². The van der Waals surface area contributed by atoms with E-state index < -0.39 is 11.6 Å². The van der Waals surface area contributed by atoms with Crippen molar-refractivity contribution in [2.75, 3.05) is 6.61 Å². The van der Waals surface area contributed by atoms with Gasteiger partial charge in [0, 0.05) is 0 Å². The van der Waals surface area contributed by atoms with Crippen molar-refractivity contribution in [1.29, 1.82) is 0 Å². The lowest BCUT2D eigenvalue weighted by molar-refractivity contribution is -0.136. The molecule has 4 heteroatoms. The SMILES string of the molecule is CC(C)(F)COc1ccc(CC(=O)O)cc1. The molecule has 88 valence electrons. The van der Waals surface area contributed by atoms with Crippen LogP contribution < -0.4 is 4.74 Å². The van der Waals surface area contributed by atoms with Gasteiger partial charge in [-0.05, 0) is 31.5 Å². The highest BCUT2D eigenvalue weighted by Crippen LogP contribution is 2.16. The molecule has 0 aliphatic rings. The van der Waals surface area contributed by atoms with Gasteiger partial charge < -0.3 is 9.84 Å². The maximum Gasteiger partial charge on any atom is 0.307 e. The van der Waals surface area contributed by atoms with Crippen LogP contribution in [-0.4, -0.2) is 23.4 Å². The van der Waals surface area contributed by atoms with Crippen molar-refractivity contribution in [3.05, 3.63) is 29.8 Å². The number of alkyl halides is 1. The normalized spacial score (nSPS) is 11.2. The second-order valence-electron chi connectivity index (χ2n) is 4.22. The van der Waals surface area contributed by atoms with Crippen LogP contribution in [0.2, 0.25) is 0 Å². The fraction of sp³-hybridized carbons (Fsp3) is 0.417. The highest BCUT2D eigenvalue weighted by atomic mass is 19.1. The van der Waals surface area contributed by atoms with Gasteiger partial charge in [-0.2, -0.15) is 0 Å². The largest absolute Gasteiger partial charge is 0.490 e. The van der Waals surface area contributed by atoms with Gasteiger partial charge in [-0.3, -0.25) is 4.79 Å². The lowest BCUT2D eigenvalue weighted by Gasteiger charge is -2.15. The minimum atomic E-state index is -1.38. The van der Waals surface area contributed by atoms with Gasteiger partial charge in [0.25, 0.3) is 0 Å². The Morgan fingerprint density at radius 1 is 1.38 bits per heavy atom. The molecule has 3 nitrogen and oxygen atoms in total. The third-order valence-electron chi connectivity index (χ3n) is 1.86. The molecule has 1 aromatic carbocycles. The average Bonchev–Trinajstić information content (AvgIpc) is 2.14. The number of carbonyl (C=O) groups is 1. The molecular weight excluding hydrogens is 211 g/mol. The summed E-state index contributed by atoms with van der Waals surface area (Å²) < 4.78 is 18.3. The van der Waals surface area contributed by atoms with Crippen molar-refractivity contribution in [3.63, 3.8) is 0 Å². The molecule has 1 aromatic rings. The first-order valence-electron chi connectivity index (χ1n) is 4.99. The van der Waals surface area contributed by atoms with Crippen LogP contribution in [0.15, 0.2) is 24.3 Å². The van der Waals surface area contributed by atoms with E-state index in [1.54, 1.807) is 24.3 Å². The van der Waals surface area contributed by atoms with E-state index in [1.807, 2.05) is 0 Å². The van der Waals surface area contributed by atoms with E-state index in [1.165, 1.54) is 13.8 Å². The summed E-state index contributed by atoms with van der Waals surface area (Å²) in [6.07, 6.45) is -0.0190. The lowest BCUT2D eigenvalue weighted by atomic mass is 10.1. The lowest BCUT2D eigenvalue weighted by Crippen LogP contribution is -2.22. The van der Waals surface area contributed by atoms with Crippen molar-refractivity contribution in [2.45, 2.75) is 25.9 Å². The predicted molar refractivity (Wildman–Crippen MR) is 58.5 cm³/mol. The molecule has 0 heterocycles. The Kier molecular flexibility index (Phi) is 3.88. The summed E-state index contributed by atoms with van der Waals surface area (Å²) in [7, 11) is 0. The van der Waals surface area contributed by atoms with Crippen LogP contribution in [-0.2, 0) is 11.2 Å². The van der Waals surface area contributed by atoms with Crippen LogP contribution in [0.1, 0.15) is 19.4 Å². The summed E-state index contributed by atoms with van der Waals surface area (Å²) in [5, 5.41) is 8.57. The van der Waals surface area contributed by atoms with Crippen LogP contribution in [0.4, 0.5) is 4.39 Å². The monoisotopic (exact) mass is 226 g/mol. The first-order valence-corrected chi connectivity index (χ1v) is 4.99. The van der Waals surface area contributed by atoms with Crippen LogP contribution >= 0.6 is 0 Å². The number of hydrogen-bond acceptors (Lipinski definition) is 2. The summed E-state index contributed by atoms with van der Waals surface area (Å²) >= 11 is 0. The number of rotatable bonds is 5. The Labute approximate surface area is 93.9 Å². The molecule has 0 aliphatic heterocycles. The number of carboxylic acids is 1. The standard InChI is InChI=1S/C12H15FO3/c1-12(2,13)8-16-10-5-3-9(4-6-10)7-11(14)15/h3-6H,7-8H2,1-2H3,(H,14,15). The minimum absolute atomic E-state index is 0.0190. The maximum atomic E-state index is 13.1. The number of benzene rings is 1. The molecule has 0 spiro atoms. The molecule has 0 aliphatic carbocycles. The Morgan fingerprint density at radius 2 is 1.94 bits per heavy atom. The van der Waals surface area contributed by atoms with Gasteiger partial charge >= 0.3 is 5.97 Å². The van der Waals surface area contributed by atoms with Crippen molar-refractivity contribution in [2.24, 2.45) is 0 Å². The van der Waals surface area contributed by atoms with Crippen molar-refractivity contribution in [3.8, 4) is 5.75 Å². The minimum Gasteiger partial charge on any atom is -0.490 e. The van der Waals surface area contributed by atoms with Crippen LogP contribution in [0.3, 0.4) is 0 Å². The Balaban J connectivity index is 2.55. The molecule has 0 saturated heterocycles. The summed E-state index contributed by atoms with van der Waals surface area (Å²) in [5.41, 5.74) is -0.681. The van der Waals surface area contributed by atoms with Crippen LogP contribution in [0.25, 0.3) is 0 Å². The molecule has 0 saturated carbocycles. The highest BCUT2D eigenvalue weighted by molar-refractivity contribution is 5.70. The number of halogens is 1. The van der Waals surface area contributed by atoms with E-state index in [0.717, 1.165) is 0 Å². The number of hydrogen-bond donors (Lipinski definition) is 1. The first-order chi connectivity index (χ1) is 7.37. The molecule has 0 bridgehead atoms. The molecule has 0 radical (unpaired) electrons. The zero-order valence-corrected chi connectivity index (χ0v) is 9.37. The summed E-state index contributed by atoms with van der Waals surface area (Å²) in [4.78, 5) is 10.4. The van der Waals surface area contributed by atoms with E-state index in [0.29, 0.717) is 11.3 Å². The van der Waals surface area contributed by atoms with Gasteiger partial charge in [0.05, 0.1) is 6.42 Å². The molecule has 0 atom stereocenters. The number of ether oxygens (including phenoxy) is 1. The molecule has 0 unspecified atom stereocenters.